The van der Waals surface area contributed by atoms with Crippen LogP contribution in [0.4, 0.5) is 15.8 Å². The van der Waals surface area contributed by atoms with Gasteiger partial charge in [0, 0.05) is 11.3 Å². The highest BCUT2D eigenvalue weighted by Crippen LogP contribution is 2.27. The minimum Gasteiger partial charge on any atom is -0.488 e. The highest BCUT2D eigenvalue weighted by Gasteiger charge is 2.18. The number of hydrazone groups is 1. The lowest BCUT2D eigenvalue weighted by Crippen LogP contribution is -2.33. The number of carbonyl (C=O) groups is 3. The van der Waals surface area contributed by atoms with Gasteiger partial charge in [0.15, 0.2) is 0 Å². The fourth-order valence-electron chi connectivity index (χ4n) is 4.17. The average Bonchev–Trinajstić information content (AvgIpc) is 3.02. The maximum Gasteiger partial charge on any atom is 0.329 e. The Hall–Kier alpha value is -5.83. The van der Waals surface area contributed by atoms with E-state index in [1.807, 2.05) is 36.4 Å². The Labute approximate surface area is 240 Å². The van der Waals surface area contributed by atoms with Crippen molar-refractivity contribution in [2.45, 2.75) is 6.61 Å². The number of hydrogen-bond donors (Lipinski definition) is 3. The lowest BCUT2D eigenvalue weighted by molar-refractivity contribution is -0.136. The molecule has 9 heteroatoms. The van der Waals surface area contributed by atoms with Crippen LogP contribution in [0.2, 0.25) is 0 Å². The minimum atomic E-state index is -1.03. The van der Waals surface area contributed by atoms with E-state index in [1.54, 1.807) is 54.6 Å². The topological polar surface area (TPSA) is 109 Å². The van der Waals surface area contributed by atoms with Crippen LogP contribution in [-0.2, 0) is 16.2 Å². The van der Waals surface area contributed by atoms with E-state index >= 15 is 0 Å². The van der Waals surface area contributed by atoms with Crippen molar-refractivity contribution in [3.05, 3.63) is 138 Å². The summed E-state index contributed by atoms with van der Waals surface area (Å²) < 4.78 is 19.3. The van der Waals surface area contributed by atoms with Crippen LogP contribution < -0.4 is 20.8 Å². The second-order valence-corrected chi connectivity index (χ2v) is 9.13. The molecule has 0 aliphatic heterocycles. The molecule has 0 aliphatic carbocycles. The number of para-hydroxylation sites is 2. The number of carbonyl (C=O) groups excluding carboxylic acids is 3. The normalized spacial score (nSPS) is 10.8. The number of hydrogen-bond acceptors (Lipinski definition) is 5. The van der Waals surface area contributed by atoms with Gasteiger partial charge in [0.2, 0.25) is 0 Å². The Balaban J connectivity index is 1.28. The highest BCUT2D eigenvalue weighted by molar-refractivity contribution is 6.40. The molecule has 0 fully saturated rings. The van der Waals surface area contributed by atoms with Gasteiger partial charge in [-0.1, -0.05) is 72.8 Å². The van der Waals surface area contributed by atoms with Crippen LogP contribution in [-0.4, -0.2) is 23.9 Å². The molecule has 208 valence electrons. The van der Waals surface area contributed by atoms with Crippen LogP contribution in [0.15, 0.2) is 120 Å². The van der Waals surface area contributed by atoms with Gasteiger partial charge in [0.1, 0.15) is 18.2 Å². The van der Waals surface area contributed by atoms with Gasteiger partial charge >= 0.3 is 11.8 Å². The number of anilines is 2. The van der Waals surface area contributed by atoms with Crippen molar-refractivity contribution in [2.75, 3.05) is 10.6 Å². The van der Waals surface area contributed by atoms with Gasteiger partial charge in [0.05, 0.1) is 17.5 Å². The summed E-state index contributed by atoms with van der Waals surface area (Å²) in [5.74, 6) is -2.33. The number of benzene rings is 5. The summed E-state index contributed by atoms with van der Waals surface area (Å²) in [7, 11) is 0. The molecule has 0 unspecified atom stereocenters. The molecule has 0 saturated carbocycles. The first-order valence-electron chi connectivity index (χ1n) is 13.0. The first-order chi connectivity index (χ1) is 20.5. The van der Waals surface area contributed by atoms with E-state index in [9.17, 15) is 18.8 Å². The number of nitrogens with zero attached hydrogens (tertiary/aromatic N) is 1. The van der Waals surface area contributed by atoms with Gasteiger partial charge in [-0.2, -0.15) is 5.10 Å². The molecule has 0 bridgehead atoms. The summed E-state index contributed by atoms with van der Waals surface area (Å²) in [5, 5.41) is 11.0. The smallest absolute Gasteiger partial charge is 0.329 e. The molecule has 42 heavy (non-hydrogen) atoms. The van der Waals surface area contributed by atoms with Gasteiger partial charge in [-0.15, -0.1) is 0 Å². The number of halogens is 1. The fourth-order valence-corrected chi connectivity index (χ4v) is 4.17. The lowest BCUT2D eigenvalue weighted by atomic mass is 10.0. The Bertz CT molecular complexity index is 1770. The quantitative estimate of drug-likeness (QED) is 0.125. The molecular weight excluding hydrogens is 535 g/mol. The van der Waals surface area contributed by atoms with Crippen molar-refractivity contribution in [2.24, 2.45) is 5.10 Å². The molecule has 8 nitrogen and oxygen atoms in total. The van der Waals surface area contributed by atoms with Crippen molar-refractivity contribution in [3.63, 3.8) is 0 Å². The van der Waals surface area contributed by atoms with Crippen LogP contribution in [0.1, 0.15) is 21.5 Å². The van der Waals surface area contributed by atoms with Crippen molar-refractivity contribution < 1.29 is 23.5 Å². The molecule has 0 aliphatic rings. The summed E-state index contributed by atoms with van der Waals surface area (Å²) in [6.45, 7) is 0.186. The predicted octanol–water partition coefficient (Wildman–Crippen LogP) is 5.90. The fraction of sp³-hybridized carbons (Fsp3) is 0.0303. The molecule has 5 aromatic carbocycles. The van der Waals surface area contributed by atoms with E-state index in [0.29, 0.717) is 17.0 Å². The van der Waals surface area contributed by atoms with Crippen LogP contribution in [0.25, 0.3) is 10.8 Å². The van der Waals surface area contributed by atoms with E-state index in [-0.39, 0.29) is 23.7 Å². The molecule has 0 saturated heterocycles. The third kappa shape index (κ3) is 6.83. The SMILES string of the molecule is O=C(NN=Cc1c(OCc2ccc(F)cc2)ccc2ccccc12)C(=O)Nc1ccccc1C(=O)Nc1ccccc1. The molecule has 3 N–H and O–H groups in total. The van der Waals surface area contributed by atoms with Crippen molar-refractivity contribution in [1.29, 1.82) is 0 Å². The van der Waals surface area contributed by atoms with E-state index < -0.39 is 17.7 Å². The second-order valence-electron chi connectivity index (χ2n) is 9.13. The third-order valence-electron chi connectivity index (χ3n) is 6.26. The van der Waals surface area contributed by atoms with Gasteiger partial charge in [0.25, 0.3) is 5.91 Å². The third-order valence-corrected chi connectivity index (χ3v) is 6.26. The summed E-state index contributed by atoms with van der Waals surface area (Å²) in [6, 6.07) is 32.4. The average molecular weight is 561 g/mol. The van der Waals surface area contributed by atoms with E-state index in [1.165, 1.54) is 30.5 Å². The molecule has 5 rings (SSSR count). The monoisotopic (exact) mass is 560 g/mol. The first kappa shape index (κ1) is 27.7. The summed E-state index contributed by atoms with van der Waals surface area (Å²) in [5.41, 5.74) is 4.53. The summed E-state index contributed by atoms with van der Waals surface area (Å²) >= 11 is 0. The Morgan fingerprint density at radius 3 is 2.26 bits per heavy atom. The van der Waals surface area contributed by atoms with Crippen LogP contribution in [0, 0.1) is 5.82 Å². The zero-order valence-corrected chi connectivity index (χ0v) is 22.2. The maximum atomic E-state index is 13.3. The van der Waals surface area contributed by atoms with Crippen molar-refractivity contribution >= 4 is 46.1 Å². The largest absolute Gasteiger partial charge is 0.488 e. The Morgan fingerprint density at radius 2 is 1.45 bits per heavy atom. The first-order valence-corrected chi connectivity index (χ1v) is 13.0. The molecule has 5 aromatic rings. The number of fused-ring (bicyclic) bond motifs is 1. The summed E-state index contributed by atoms with van der Waals surface area (Å²) in [6.07, 6.45) is 1.40. The predicted molar refractivity (Wildman–Crippen MR) is 160 cm³/mol. The van der Waals surface area contributed by atoms with Gasteiger partial charge < -0.3 is 15.4 Å². The Kier molecular flexibility index (Phi) is 8.59. The molecule has 0 radical (unpaired) electrons. The Morgan fingerprint density at radius 1 is 0.738 bits per heavy atom. The van der Waals surface area contributed by atoms with Gasteiger partial charge in [-0.25, -0.2) is 9.82 Å². The zero-order valence-electron chi connectivity index (χ0n) is 22.2. The second kappa shape index (κ2) is 13.0. The molecule has 3 amide bonds. The summed E-state index contributed by atoms with van der Waals surface area (Å²) in [4.78, 5) is 38.1. The van der Waals surface area contributed by atoms with Gasteiger partial charge in [-0.3, -0.25) is 14.4 Å². The minimum absolute atomic E-state index is 0.167. The number of amides is 3. The molecule has 0 spiro atoms. The van der Waals surface area contributed by atoms with E-state index in [2.05, 4.69) is 21.2 Å². The number of nitrogens with one attached hydrogen (secondary N) is 3. The van der Waals surface area contributed by atoms with Gasteiger partial charge in [-0.05, 0) is 58.8 Å². The van der Waals surface area contributed by atoms with Crippen LogP contribution >= 0.6 is 0 Å². The van der Waals surface area contributed by atoms with E-state index in [0.717, 1.165) is 16.3 Å². The molecule has 0 heterocycles. The standard InChI is InChI=1S/C33H25FN4O4/c34-24-17-14-22(15-18-24)21-42-30-19-16-23-8-4-5-11-26(23)28(30)20-35-38-33(41)32(40)37-29-13-7-6-12-27(29)31(39)36-25-9-2-1-3-10-25/h1-20H,21H2,(H,36,39)(H,37,40)(H,38,41). The highest BCUT2D eigenvalue weighted by atomic mass is 19.1. The van der Waals surface area contributed by atoms with Crippen LogP contribution in [0.5, 0.6) is 5.75 Å². The molecular formula is C33H25FN4O4. The molecule has 0 atom stereocenters. The van der Waals surface area contributed by atoms with Crippen molar-refractivity contribution in [1.82, 2.24) is 5.43 Å². The van der Waals surface area contributed by atoms with E-state index in [4.69, 9.17) is 4.74 Å². The zero-order chi connectivity index (χ0) is 29.3. The number of ether oxygens (including phenoxy) is 1. The maximum absolute atomic E-state index is 13.3. The molecule has 0 aromatic heterocycles. The van der Waals surface area contributed by atoms with Crippen LogP contribution in [0.3, 0.4) is 0 Å². The van der Waals surface area contributed by atoms with Crippen molar-refractivity contribution in [3.8, 4) is 5.75 Å². The number of rotatable bonds is 8. The lowest BCUT2D eigenvalue weighted by Gasteiger charge is -2.12.